The summed E-state index contributed by atoms with van der Waals surface area (Å²) in [6.07, 6.45) is -2.82. The summed E-state index contributed by atoms with van der Waals surface area (Å²) in [5.74, 6) is -0.158. The molecule has 2 atom stereocenters. The highest BCUT2D eigenvalue weighted by atomic mass is 16.5. The van der Waals surface area contributed by atoms with Crippen molar-refractivity contribution in [2.75, 3.05) is 18.5 Å². The van der Waals surface area contributed by atoms with E-state index in [0.29, 0.717) is 17.7 Å². The van der Waals surface area contributed by atoms with E-state index < -0.39 is 18.3 Å². The molecule has 3 aromatic rings. The Balaban J connectivity index is 1.17. The van der Waals surface area contributed by atoms with Crippen molar-refractivity contribution in [2.24, 2.45) is 0 Å². The monoisotopic (exact) mass is 444 g/mol. The normalized spacial score (nSPS) is 15.8. The number of benzene rings is 3. The van der Waals surface area contributed by atoms with Crippen molar-refractivity contribution in [3.63, 3.8) is 0 Å². The molecular weight excluding hydrogens is 420 g/mol. The average molecular weight is 444 g/mol. The molecule has 0 aromatic heterocycles. The van der Waals surface area contributed by atoms with E-state index >= 15 is 0 Å². The number of carbonyl (C=O) groups excluding carboxylic acids is 2. The molecule has 168 valence electrons. The second kappa shape index (κ2) is 8.69. The van der Waals surface area contributed by atoms with Crippen LogP contribution in [0, 0.1) is 0 Å². The molecule has 7 nitrogen and oxygen atoms in total. The summed E-state index contributed by atoms with van der Waals surface area (Å²) in [6.45, 7) is -0.00961. The van der Waals surface area contributed by atoms with E-state index in [2.05, 4.69) is 22.8 Å². The molecule has 3 aromatic carbocycles. The van der Waals surface area contributed by atoms with E-state index in [1.807, 2.05) is 36.4 Å². The van der Waals surface area contributed by atoms with Gasteiger partial charge in [-0.25, -0.2) is 4.79 Å². The molecule has 0 saturated carbocycles. The molecule has 2 aliphatic rings. The van der Waals surface area contributed by atoms with E-state index in [1.165, 1.54) is 0 Å². The van der Waals surface area contributed by atoms with Gasteiger partial charge in [-0.3, -0.25) is 4.79 Å². The number of hydrogen-bond acceptors (Lipinski definition) is 5. The number of aliphatic hydroxyl groups is 2. The topological polar surface area (TPSA) is 108 Å². The van der Waals surface area contributed by atoms with Gasteiger partial charge in [0.05, 0.1) is 6.42 Å². The second-order valence-corrected chi connectivity index (χ2v) is 8.36. The molecule has 1 heterocycles. The summed E-state index contributed by atoms with van der Waals surface area (Å²) in [5, 5.41) is 26.1. The molecule has 0 saturated heterocycles. The Morgan fingerprint density at radius 2 is 1.70 bits per heavy atom. The van der Waals surface area contributed by atoms with Gasteiger partial charge >= 0.3 is 6.09 Å². The zero-order chi connectivity index (χ0) is 22.9. The third-order valence-electron chi connectivity index (χ3n) is 6.26. The number of rotatable bonds is 6. The number of amides is 2. The lowest BCUT2D eigenvalue weighted by molar-refractivity contribution is -0.115. The predicted molar refractivity (Wildman–Crippen MR) is 123 cm³/mol. The first-order valence-corrected chi connectivity index (χ1v) is 10.9. The first-order valence-electron chi connectivity index (χ1n) is 10.9. The van der Waals surface area contributed by atoms with Gasteiger partial charge in [0.15, 0.2) is 0 Å². The first kappa shape index (κ1) is 21.2. The van der Waals surface area contributed by atoms with E-state index in [4.69, 9.17) is 4.74 Å². The number of aliphatic hydroxyl groups excluding tert-OH is 2. The third-order valence-corrected chi connectivity index (χ3v) is 6.26. The SMILES string of the molecule is O=C1Cc2ccc(C(O)C(O)CNC(=O)OCC3c4ccccc4-c4ccccc43)cc2N1. The summed E-state index contributed by atoms with van der Waals surface area (Å²) in [6, 6.07) is 21.2. The number of nitrogens with one attached hydrogen (secondary N) is 2. The summed E-state index contributed by atoms with van der Waals surface area (Å²) in [5.41, 5.74) is 6.46. The van der Waals surface area contributed by atoms with Gasteiger partial charge in [-0.1, -0.05) is 60.7 Å². The van der Waals surface area contributed by atoms with Crippen molar-refractivity contribution in [1.82, 2.24) is 5.32 Å². The smallest absolute Gasteiger partial charge is 0.407 e. The predicted octanol–water partition coefficient (Wildman–Crippen LogP) is 3.11. The van der Waals surface area contributed by atoms with Gasteiger partial charge in [-0.2, -0.15) is 0 Å². The number of fused-ring (bicyclic) bond motifs is 4. The number of alkyl carbamates (subject to hydrolysis) is 1. The Labute approximate surface area is 191 Å². The van der Waals surface area contributed by atoms with Crippen LogP contribution in [-0.4, -0.2) is 41.5 Å². The minimum atomic E-state index is -1.24. The lowest BCUT2D eigenvalue weighted by atomic mass is 9.98. The van der Waals surface area contributed by atoms with Crippen molar-refractivity contribution in [2.45, 2.75) is 24.5 Å². The Hall–Kier alpha value is -3.68. The zero-order valence-electron chi connectivity index (χ0n) is 17.8. The number of anilines is 1. The van der Waals surface area contributed by atoms with Gasteiger partial charge in [-0.15, -0.1) is 0 Å². The van der Waals surface area contributed by atoms with Gasteiger partial charge in [0.25, 0.3) is 0 Å². The molecule has 5 rings (SSSR count). The highest BCUT2D eigenvalue weighted by Gasteiger charge is 2.29. The highest BCUT2D eigenvalue weighted by molar-refractivity contribution is 5.99. The fourth-order valence-electron chi connectivity index (χ4n) is 4.59. The molecular formula is C26H24N2O5. The summed E-state index contributed by atoms with van der Waals surface area (Å²) < 4.78 is 5.46. The average Bonchev–Trinajstić information content (AvgIpc) is 3.37. The fourth-order valence-corrected chi connectivity index (χ4v) is 4.59. The lowest BCUT2D eigenvalue weighted by Gasteiger charge is -2.20. The first-order chi connectivity index (χ1) is 16.0. The Morgan fingerprint density at radius 1 is 1.03 bits per heavy atom. The van der Waals surface area contributed by atoms with Crippen LogP contribution in [0.4, 0.5) is 10.5 Å². The number of ether oxygens (including phenoxy) is 1. The standard InChI is InChI=1S/C26H24N2O5/c29-23(25(31)16-10-9-15-12-24(30)28-22(15)11-16)13-27-26(32)33-14-21-19-7-3-1-5-17(19)18-6-2-4-8-20(18)21/h1-11,21,23,25,29,31H,12-14H2,(H,27,32)(H,28,30). The van der Waals surface area contributed by atoms with E-state index in [0.717, 1.165) is 27.8 Å². The zero-order valence-corrected chi connectivity index (χ0v) is 17.8. The van der Waals surface area contributed by atoms with Crippen molar-refractivity contribution < 1.29 is 24.5 Å². The molecule has 2 unspecified atom stereocenters. The van der Waals surface area contributed by atoms with Crippen LogP contribution in [0.5, 0.6) is 0 Å². The summed E-state index contributed by atoms with van der Waals surface area (Å²) in [4.78, 5) is 23.8. The van der Waals surface area contributed by atoms with Gasteiger partial charge in [-0.05, 0) is 39.4 Å². The largest absolute Gasteiger partial charge is 0.449 e. The third kappa shape index (κ3) is 4.08. The van der Waals surface area contributed by atoms with Crippen LogP contribution < -0.4 is 10.6 Å². The molecule has 1 aliphatic heterocycles. The van der Waals surface area contributed by atoms with Gasteiger partial charge in [0, 0.05) is 18.2 Å². The molecule has 1 aliphatic carbocycles. The van der Waals surface area contributed by atoms with Crippen molar-refractivity contribution in [3.8, 4) is 11.1 Å². The highest BCUT2D eigenvalue weighted by Crippen LogP contribution is 2.44. The van der Waals surface area contributed by atoms with Crippen molar-refractivity contribution >= 4 is 17.7 Å². The Kier molecular flexibility index (Phi) is 5.58. The van der Waals surface area contributed by atoms with Crippen LogP contribution in [0.1, 0.15) is 34.3 Å². The van der Waals surface area contributed by atoms with Crippen LogP contribution in [0.3, 0.4) is 0 Å². The van der Waals surface area contributed by atoms with Gasteiger partial charge in [0.2, 0.25) is 5.91 Å². The minimum Gasteiger partial charge on any atom is -0.449 e. The van der Waals surface area contributed by atoms with Crippen molar-refractivity contribution in [1.29, 1.82) is 0 Å². The maximum absolute atomic E-state index is 12.3. The van der Waals surface area contributed by atoms with Crippen LogP contribution in [0.25, 0.3) is 11.1 Å². The van der Waals surface area contributed by atoms with E-state index in [1.54, 1.807) is 18.2 Å². The summed E-state index contributed by atoms with van der Waals surface area (Å²) >= 11 is 0. The molecule has 0 spiro atoms. The van der Waals surface area contributed by atoms with Gasteiger partial charge < -0.3 is 25.6 Å². The Morgan fingerprint density at radius 3 is 2.39 bits per heavy atom. The quantitative estimate of drug-likeness (QED) is 0.467. The summed E-state index contributed by atoms with van der Waals surface area (Å²) in [7, 11) is 0. The van der Waals surface area contributed by atoms with Crippen LogP contribution in [0.15, 0.2) is 66.7 Å². The lowest BCUT2D eigenvalue weighted by Crippen LogP contribution is -2.36. The Bertz CT molecular complexity index is 1180. The fraction of sp³-hybridized carbons (Fsp3) is 0.231. The molecule has 4 N–H and O–H groups in total. The molecule has 7 heteroatoms. The van der Waals surface area contributed by atoms with Crippen molar-refractivity contribution in [3.05, 3.63) is 89.0 Å². The van der Waals surface area contributed by atoms with Crippen LogP contribution >= 0.6 is 0 Å². The second-order valence-electron chi connectivity index (χ2n) is 8.36. The van der Waals surface area contributed by atoms with E-state index in [-0.39, 0.29) is 25.0 Å². The molecule has 33 heavy (non-hydrogen) atoms. The molecule has 0 fully saturated rings. The molecule has 2 amide bonds. The molecule has 0 bridgehead atoms. The minimum absolute atomic E-state index is 0.0553. The van der Waals surface area contributed by atoms with Gasteiger partial charge in [0.1, 0.15) is 18.8 Å². The molecule has 0 radical (unpaired) electrons. The van der Waals surface area contributed by atoms with E-state index in [9.17, 15) is 19.8 Å². The number of hydrogen-bond donors (Lipinski definition) is 4. The maximum atomic E-state index is 12.3. The van der Waals surface area contributed by atoms with Crippen LogP contribution in [-0.2, 0) is 16.0 Å². The maximum Gasteiger partial charge on any atom is 0.407 e. The van der Waals surface area contributed by atoms with Crippen LogP contribution in [0.2, 0.25) is 0 Å². The number of carbonyl (C=O) groups is 2.